The van der Waals surface area contributed by atoms with Crippen LogP contribution in [0.4, 0.5) is 0 Å². The second-order valence-electron chi connectivity index (χ2n) is 4.22. The summed E-state index contributed by atoms with van der Waals surface area (Å²) in [5.41, 5.74) is -1.94. The topological polar surface area (TPSA) is 52.6 Å². The third kappa shape index (κ3) is 1.58. The molecule has 0 aromatic heterocycles. The van der Waals surface area contributed by atoms with Crippen molar-refractivity contribution in [3.05, 3.63) is 0 Å². The van der Waals surface area contributed by atoms with Crippen molar-refractivity contribution in [2.24, 2.45) is 0 Å². The van der Waals surface area contributed by atoms with Crippen molar-refractivity contribution in [2.45, 2.75) is 45.8 Å². The van der Waals surface area contributed by atoms with E-state index < -0.39 is 24.3 Å². The average Bonchev–Trinajstić information content (AvgIpc) is 1.97. The Labute approximate surface area is 78.1 Å². The van der Waals surface area contributed by atoms with Gasteiger partial charge in [-0.25, -0.2) is 0 Å². The Bertz CT molecular complexity index is 273. The molecule has 0 atom stereocenters. The molecule has 0 spiro atoms. The summed E-state index contributed by atoms with van der Waals surface area (Å²) in [5, 5.41) is 0. The van der Waals surface area contributed by atoms with Crippen molar-refractivity contribution >= 4 is 13.1 Å². The van der Waals surface area contributed by atoms with Crippen molar-refractivity contribution < 1.29 is 18.4 Å². The molecule has 0 aliphatic carbocycles. The van der Waals surface area contributed by atoms with E-state index in [0.29, 0.717) is 0 Å². The minimum absolute atomic E-state index is 0.536. The van der Waals surface area contributed by atoms with Crippen LogP contribution < -0.4 is 0 Å². The molecule has 13 heavy (non-hydrogen) atoms. The zero-order chi connectivity index (χ0) is 10.5. The molecule has 1 aliphatic rings. The van der Waals surface area contributed by atoms with Gasteiger partial charge in [0.1, 0.15) is 11.2 Å². The van der Waals surface area contributed by atoms with E-state index >= 15 is 0 Å². The van der Waals surface area contributed by atoms with Crippen LogP contribution in [0.5, 0.6) is 0 Å². The summed E-state index contributed by atoms with van der Waals surface area (Å²) in [6, 6.07) is 0. The van der Waals surface area contributed by atoms with E-state index in [4.69, 9.17) is 9.05 Å². The van der Waals surface area contributed by atoms with E-state index in [-0.39, 0.29) is 0 Å². The van der Waals surface area contributed by atoms with Gasteiger partial charge in [-0.05, 0) is 27.7 Å². The lowest BCUT2D eigenvalue weighted by Gasteiger charge is -2.29. The molecular weight excluding hydrogens is 191 g/mol. The van der Waals surface area contributed by atoms with E-state index in [9.17, 15) is 9.36 Å². The lowest BCUT2D eigenvalue weighted by molar-refractivity contribution is -0.111. The van der Waals surface area contributed by atoms with Gasteiger partial charge >= 0.3 is 7.60 Å². The highest BCUT2D eigenvalue weighted by Crippen LogP contribution is 2.64. The van der Waals surface area contributed by atoms with Crippen LogP contribution in [0, 0.1) is 0 Å². The minimum atomic E-state index is -3.52. The van der Waals surface area contributed by atoms with Crippen molar-refractivity contribution in [3.63, 3.8) is 0 Å². The Morgan fingerprint density at radius 3 is 1.54 bits per heavy atom. The molecule has 1 aliphatic heterocycles. The summed E-state index contributed by atoms with van der Waals surface area (Å²) < 4.78 is 22.1. The minimum Gasteiger partial charge on any atom is -0.294 e. The molecular formula is C8H15O4P. The molecule has 0 aromatic rings. The highest BCUT2D eigenvalue weighted by molar-refractivity contribution is 7.72. The molecule has 5 heteroatoms. The molecule has 0 radical (unpaired) electrons. The Kier molecular flexibility index (Phi) is 2.23. The molecule has 1 saturated heterocycles. The van der Waals surface area contributed by atoms with Gasteiger partial charge in [0.15, 0.2) is 0 Å². The SMILES string of the molecule is CC(=O)P1(=O)OC(C)(C)C(C)(C)O1. The van der Waals surface area contributed by atoms with Crippen molar-refractivity contribution in [1.29, 1.82) is 0 Å². The zero-order valence-electron chi connectivity index (χ0n) is 8.58. The number of rotatable bonds is 1. The second kappa shape index (κ2) is 2.66. The van der Waals surface area contributed by atoms with Gasteiger partial charge in [-0.15, -0.1) is 0 Å². The van der Waals surface area contributed by atoms with Crippen molar-refractivity contribution in [1.82, 2.24) is 0 Å². The predicted octanol–water partition coefficient (Wildman–Crippen LogP) is 2.33. The van der Waals surface area contributed by atoms with E-state index in [1.54, 1.807) is 27.7 Å². The third-order valence-electron chi connectivity index (χ3n) is 2.53. The largest absolute Gasteiger partial charge is 0.397 e. The third-order valence-corrected chi connectivity index (χ3v) is 4.70. The van der Waals surface area contributed by atoms with Crippen molar-refractivity contribution in [3.8, 4) is 0 Å². The highest BCUT2D eigenvalue weighted by atomic mass is 31.2. The number of carbonyl (C=O) groups is 1. The number of hydrogen-bond donors (Lipinski definition) is 0. The first kappa shape index (κ1) is 10.9. The van der Waals surface area contributed by atoms with Crippen LogP contribution in [-0.2, 0) is 18.4 Å². The Balaban J connectivity index is 3.07. The first-order valence-electron chi connectivity index (χ1n) is 4.13. The number of carbonyl (C=O) groups excluding carboxylic acids is 1. The normalized spacial score (nSPS) is 28.7. The summed E-state index contributed by atoms with van der Waals surface area (Å²) in [7, 11) is -3.52. The fraction of sp³-hybridized carbons (Fsp3) is 0.875. The fourth-order valence-corrected chi connectivity index (χ4v) is 2.90. The average molecular weight is 206 g/mol. The molecule has 0 N–H and O–H groups in total. The van der Waals surface area contributed by atoms with Gasteiger partial charge in [-0.2, -0.15) is 0 Å². The smallest absolute Gasteiger partial charge is 0.294 e. The molecule has 0 amide bonds. The van der Waals surface area contributed by atoms with E-state index in [2.05, 4.69) is 0 Å². The summed E-state index contributed by atoms with van der Waals surface area (Å²) in [4.78, 5) is 11.0. The maximum Gasteiger partial charge on any atom is 0.397 e. The predicted molar refractivity (Wildman–Crippen MR) is 48.6 cm³/mol. The van der Waals surface area contributed by atoms with Gasteiger partial charge in [0.2, 0.25) is 5.52 Å². The molecule has 1 fully saturated rings. The fourth-order valence-electron chi connectivity index (χ4n) is 0.968. The lowest BCUT2D eigenvalue weighted by atomic mass is 9.90. The van der Waals surface area contributed by atoms with Crippen molar-refractivity contribution in [2.75, 3.05) is 0 Å². The van der Waals surface area contributed by atoms with Crippen LogP contribution in [0.2, 0.25) is 0 Å². The van der Waals surface area contributed by atoms with Crippen LogP contribution in [0.15, 0.2) is 0 Å². The quantitative estimate of drug-likeness (QED) is 0.618. The molecule has 0 saturated carbocycles. The Morgan fingerprint density at radius 2 is 1.38 bits per heavy atom. The standard InChI is InChI=1S/C8H15O4P/c1-6(9)13(10)11-7(2,3)8(4,5)12-13/h1-5H3. The zero-order valence-corrected chi connectivity index (χ0v) is 9.47. The highest BCUT2D eigenvalue weighted by Gasteiger charge is 2.57. The van der Waals surface area contributed by atoms with Crippen LogP contribution in [0.3, 0.4) is 0 Å². The van der Waals surface area contributed by atoms with Crippen LogP contribution in [-0.4, -0.2) is 16.7 Å². The molecule has 0 unspecified atom stereocenters. The molecule has 4 nitrogen and oxygen atoms in total. The number of hydrogen-bond acceptors (Lipinski definition) is 4. The maximum absolute atomic E-state index is 11.8. The van der Waals surface area contributed by atoms with Crippen LogP contribution in [0.1, 0.15) is 34.6 Å². The monoisotopic (exact) mass is 206 g/mol. The molecule has 0 bridgehead atoms. The van der Waals surface area contributed by atoms with E-state index in [1.165, 1.54) is 6.92 Å². The molecule has 0 aromatic carbocycles. The van der Waals surface area contributed by atoms with Gasteiger partial charge in [0.05, 0.1) is 0 Å². The van der Waals surface area contributed by atoms with Crippen LogP contribution >= 0.6 is 7.60 Å². The second-order valence-corrected chi connectivity index (χ2v) is 6.21. The van der Waals surface area contributed by atoms with Gasteiger partial charge in [0.25, 0.3) is 0 Å². The Hall–Kier alpha value is -0.180. The summed E-state index contributed by atoms with van der Waals surface area (Å²) in [5.74, 6) is 0. The summed E-state index contributed by atoms with van der Waals surface area (Å²) in [6.07, 6.45) is 0. The first-order chi connectivity index (χ1) is 5.61. The molecule has 1 heterocycles. The summed E-state index contributed by atoms with van der Waals surface area (Å²) in [6.45, 7) is 8.26. The van der Waals surface area contributed by atoms with Gasteiger partial charge < -0.3 is 0 Å². The lowest BCUT2D eigenvalue weighted by Crippen LogP contribution is -2.41. The first-order valence-corrected chi connectivity index (χ1v) is 5.68. The van der Waals surface area contributed by atoms with Gasteiger partial charge in [0, 0.05) is 6.92 Å². The summed E-state index contributed by atoms with van der Waals surface area (Å²) >= 11 is 0. The van der Waals surface area contributed by atoms with Crippen LogP contribution in [0.25, 0.3) is 0 Å². The van der Waals surface area contributed by atoms with Gasteiger partial charge in [-0.3, -0.25) is 18.4 Å². The molecule has 1 rings (SSSR count). The van der Waals surface area contributed by atoms with Gasteiger partial charge in [-0.1, -0.05) is 0 Å². The molecule has 76 valence electrons. The Morgan fingerprint density at radius 1 is 1.08 bits per heavy atom. The maximum atomic E-state index is 11.8. The van der Waals surface area contributed by atoms with E-state index in [1.807, 2.05) is 0 Å². The van der Waals surface area contributed by atoms with E-state index in [0.717, 1.165) is 0 Å².